The topological polar surface area (TPSA) is 36.4 Å². The molecule has 0 spiro atoms. The van der Waals surface area contributed by atoms with Crippen molar-refractivity contribution in [1.82, 2.24) is 10.6 Å². The van der Waals surface area contributed by atoms with Crippen molar-refractivity contribution in [2.24, 2.45) is 4.99 Å². The summed E-state index contributed by atoms with van der Waals surface area (Å²) in [7, 11) is 1.82. The lowest BCUT2D eigenvalue weighted by atomic mass is 9.94. The smallest absolute Gasteiger partial charge is 0.191 e. The van der Waals surface area contributed by atoms with Gasteiger partial charge in [0.1, 0.15) is 0 Å². The summed E-state index contributed by atoms with van der Waals surface area (Å²) in [5.41, 5.74) is 1.35. The molecule has 1 rings (SSSR count). The zero-order valence-electron chi connectivity index (χ0n) is 13.0. The minimum atomic E-state index is 0.337. The molecule has 0 aliphatic rings. The Hall–Kier alpha value is -1.16. The lowest BCUT2D eigenvalue weighted by Gasteiger charge is -2.24. The van der Waals surface area contributed by atoms with Crippen LogP contribution in [0.4, 0.5) is 0 Å². The molecule has 3 nitrogen and oxygen atoms in total. The summed E-state index contributed by atoms with van der Waals surface area (Å²) in [5, 5.41) is 6.84. The van der Waals surface area contributed by atoms with E-state index in [1.165, 1.54) is 11.3 Å². The van der Waals surface area contributed by atoms with E-state index in [-0.39, 0.29) is 0 Å². The summed E-state index contributed by atoms with van der Waals surface area (Å²) in [4.78, 5) is 4.29. The largest absolute Gasteiger partial charge is 0.356 e. The number of hydrogen-bond donors (Lipinski definition) is 2. The van der Waals surface area contributed by atoms with Gasteiger partial charge in [-0.15, -0.1) is 0 Å². The monoisotopic (exact) mass is 293 g/mol. The molecule has 0 fully saturated rings. The molecule has 112 valence electrons. The van der Waals surface area contributed by atoms with Gasteiger partial charge in [-0.05, 0) is 30.9 Å². The van der Waals surface area contributed by atoms with Crippen LogP contribution in [0, 0.1) is 0 Å². The first-order valence-electron chi connectivity index (χ1n) is 7.20. The maximum absolute atomic E-state index is 4.29. The van der Waals surface area contributed by atoms with Gasteiger partial charge in [-0.25, -0.2) is 0 Å². The van der Waals surface area contributed by atoms with Gasteiger partial charge >= 0.3 is 0 Å². The molecule has 20 heavy (non-hydrogen) atoms. The lowest BCUT2D eigenvalue weighted by Crippen LogP contribution is -2.44. The van der Waals surface area contributed by atoms with E-state index in [1.54, 1.807) is 0 Å². The average molecular weight is 293 g/mol. The van der Waals surface area contributed by atoms with Gasteiger partial charge in [-0.1, -0.05) is 37.3 Å². The molecule has 0 saturated carbocycles. The molecule has 0 aromatic heterocycles. The summed E-state index contributed by atoms with van der Waals surface area (Å²) in [6.45, 7) is 5.41. The number of aliphatic imine (C=N–C) groups is 1. The Morgan fingerprint density at radius 1 is 1.25 bits per heavy atom. The molecule has 4 heteroatoms. The van der Waals surface area contributed by atoms with E-state index in [4.69, 9.17) is 0 Å². The Bertz CT molecular complexity index is 392. The molecular weight excluding hydrogens is 266 g/mol. The SMILES string of the molecule is CN=C(NCCCSC)NC(C)C(C)c1ccccc1. The van der Waals surface area contributed by atoms with E-state index in [9.17, 15) is 0 Å². The van der Waals surface area contributed by atoms with Crippen molar-refractivity contribution in [2.75, 3.05) is 25.6 Å². The van der Waals surface area contributed by atoms with Crippen LogP contribution in [0.25, 0.3) is 0 Å². The average Bonchev–Trinajstić information content (AvgIpc) is 2.50. The van der Waals surface area contributed by atoms with Gasteiger partial charge in [0.2, 0.25) is 0 Å². The molecule has 0 aliphatic carbocycles. The first-order valence-corrected chi connectivity index (χ1v) is 8.59. The summed E-state index contributed by atoms with van der Waals surface area (Å²) in [6, 6.07) is 10.9. The van der Waals surface area contributed by atoms with Crippen LogP contribution in [0.5, 0.6) is 0 Å². The number of hydrogen-bond acceptors (Lipinski definition) is 2. The normalized spacial score (nSPS) is 14.7. The van der Waals surface area contributed by atoms with E-state index in [0.717, 1.165) is 18.9 Å². The van der Waals surface area contributed by atoms with Gasteiger partial charge < -0.3 is 10.6 Å². The second-order valence-corrected chi connectivity index (χ2v) is 5.96. The fraction of sp³-hybridized carbons (Fsp3) is 0.562. The summed E-state index contributed by atoms with van der Waals surface area (Å²) >= 11 is 1.88. The molecule has 2 unspecified atom stereocenters. The predicted octanol–water partition coefficient (Wildman–Crippen LogP) is 3.10. The maximum Gasteiger partial charge on any atom is 0.191 e. The van der Waals surface area contributed by atoms with Crippen molar-refractivity contribution in [1.29, 1.82) is 0 Å². The highest BCUT2D eigenvalue weighted by Gasteiger charge is 2.14. The summed E-state index contributed by atoms with van der Waals surface area (Å²) < 4.78 is 0. The van der Waals surface area contributed by atoms with Crippen LogP contribution < -0.4 is 10.6 Å². The number of thioether (sulfide) groups is 1. The molecule has 1 aromatic carbocycles. The summed E-state index contributed by atoms with van der Waals surface area (Å²) in [5.74, 6) is 2.52. The van der Waals surface area contributed by atoms with Gasteiger partial charge in [0, 0.05) is 25.6 Å². The molecule has 2 N–H and O–H groups in total. The third kappa shape index (κ3) is 5.87. The zero-order valence-corrected chi connectivity index (χ0v) is 13.8. The highest BCUT2D eigenvalue weighted by molar-refractivity contribution is 7.98. The fourth-order valence-electron chi connectivity index (χ4n) is 2.00. The Labute approximate surface area is 127 Å². The van der Waals surface area contributed by atoms with Gasteiger partial charge in [-0.2, -0.15) is 11.8 Å². The Morgan fingerprint density at radius 2 is 1.95 bits per heavy atom. The summed E-state index contributed by atoms with van der Waals surface area (Å²) in [6.07, 6.45) is 3.29. The van der Waals surface area contributed by atoms with Crippen molar-refractivity contribution in [3.05, 3.63) is 35.9 Å². The second-order valence-electron chi connectivity index (χ2n) is 4.98. The first kappa shape index (κ1) is 16.9. The highest BCUT2D eigenvalue weighted by atomic mass is 32.2. The van der Waals surface area contributed by atoms with Gasteiger partial charge in [0.15, 0.2) is 5.96 Å². The fourth-order valence-corrected chi connectivity index (χ4v) is 2.44. The van der Waals surface area contributed by atoms with Crippen molar-refractivity contribution in [3.63, 3.8) is 0 Å². The number of rotatable bonds is 7. The molecule has 0 bridgehead atoms. The standard InChI is InChI=1S/C16H27N3S/c1-13(15-9-6-5-7-10-15)14(2)19-16(17-3)18-11-8-12-20-4/h5-7,9-10,13-14H,8,11-12H2,1-4H3,(H2,17,18,19). The molecule has 0 aliphatic heterocycles. The van der Waals surface area contributed by atoms with Crippen LogP contribution in [0.1, 0.15) is 31.7 Å². The molecular formula is C16H27N3S. The predicted molar refractivity (Wildman–Crippen MR) is 91.8 cm³/mol. The van der Waals surface area contributed by atoms with Crippen LogP contribution in [0.2, 0.25) is 0 Å². The van der Waals surface area contributed by atoms with Crippen molar-refractivity contribution in [3.8, 4) is 0 Å². The molecule has 0 amide bonds. The molecule has 2 atom stereocenters. The number of benzene rings is 1. The first-order chi connectivity index (χ1) is 9.69. The van der Waals surface area contributed by atoms with Gasteiger partial charge in [0.25, 0.3) is 0 Å². The number of guanidine groups is 1. The van der Waals surface area contributed by atoms with Crippen molar-refractivity contribution < 1.29 is 0 Å². The molecule has 0 radical (unpaired) electrons. The number of nitrogens with one attached hydrogen (secondary N) is 2. The van der Waals surface area contributed by atoms with Gasteiger partial charge in [0.05, 0.1) is 0 Å². The zero-order chi connectivity index (χ0) is 14.8. The molecule has 0 heterocycles. The highest BCUT2D eigenvalue weighted by Crippen LogP contribution is 2.18. The van der Waals surface area contributed by atoms with E-state index in [0.29, 0.717) is 12.0 Å². The molecule has 0 saturated heterocycles. The van der Waals surface area contributed by atoms with Crippen molar-refractivity contribution >= 4 is 17.7 Å². The maximum atomic E-state index is 4.29. The van der Waals surface area contributed by atoms with E-state index in [1.807, 2.05) is 18.8 Å². The van der Waals surface area contributed by atoms with E-state index >= 15 is 0 Å². The lowest BCUT2D eigenvalue weighted by molar-refractivity contribution is 0.550. The second kappa shape index (κ2) is 9.70. The van der Waals surface area contributed by atoms with E-state index < -0.39 is 0 Å². The van der Waals surface area contributed by atoms with E-state index in [2.05, 4.69) is 66.1 Å². The van der Waals surface area contributed by atoms with Crippen molar-refractivity contribution in [2.45, 2.75) is 32.2 Å². The Balaban J connectivity index is 2.44. The van der Waals surface area contributed by atoms with Crippen LogP contribution >= 0.6 is 11.8 Å². The quantitative estimate of drug-likeness (QED) is 0.461. The Morgan fingerprint density at radius 3 is 2.55 bits per heavy atom. The van der Waals surface area contributed by atoms with Crippen LogP contribution in [-0.2, 0) is 0 Å². The molecule has 1 aromatic rings. The Kier molecular flexibility index (Phi) is 8.19. The van der Waals surface area contributed by atoms with Crippen LogP contribution in [0.3, 0.4) is 0 Å². The minimum Gasteiger partial charge on any atom is -0.356 e. The van der Waals surface area contributed by atoms with Crippen LogP contribution in [0.15, 0.2) is 35.3 Å². The van der Waals surface area contributed by atoms with Gasteiger partial charge in [-0.3, -0.25) is 4.99 Å². The third-order valence-electron chi connectivity index (χ3n) is 3.48. The van der Waals surface area contributed by atoms with Crippen LogP contribution in [-0.4, -0.2) is 37.6 Å². The number of nitrogens with zero attached hydrogens (tertiary/aromatic N) is 1. The third-order valence-corrected chi connectivity index (χ3v) is 4.18. The minimum absolute atomic E-state index is 0.337.